The van der Waals surface area contributed by atoms with Crippen LogP contribution in [-0.4, -0.2) is 25.2 Å². The summed E-state index contributed by atoms with van der Waals surface area (Å²) < 4.78 is 9.84. The molecule has 96 valence electrons. The lowest BCUT2D eigenvalue weighted by atomic mass is 10.1. The Kier molecular flexibility index (Phi) is 8.74. The Bertz CT molecular complexity index is 264. The van der Waals surface area contributed by atoms with E-state index in [-0.39, 0.29) is 13.2 Å². The van der Waals surface area contributed by atoms with Crippen molar-refractivity contribution >= 4 is 11.9 Å². The molecular formula is C13H20O4. The van der Waals surface area contributed by atoms with Gasteiger partial charge in [0, 0.05) is 0 Å². The largest absolute Gasteiger partial charge is 0.461 e. The molecule has 0 radical (unpaired) electrons. The number of carbonyl (C=O) groups is 2. The van der Waals surface area contributed by atoms with Crippen LogP contribution >= 0.6 is 0 Å². The number of hydrogen-bond acceptors (Lipinski definition) is 4. The van der Waals surface area contributed by atoms with Gasteiger partial charge in [-0.25, -0.2) is 0 Å². The van der Waals surface area contributed by atoms with Crippen molar-refractivity contribution in [2.24, 2.45) is 5.92 Å². The van der Waals surface area contributed by atoms with E-state index in [1.807, 2.05) is 13.8 Å². The minimum Gasteiger partial charge on any atom is -0.461 e. The average Bonchev–Trinajstić information content (AvgIpc) is 2.30. The van der Waals surface area contributed by atoms with E-state index in [0.717, 1.165) is 0 Å². The number of esters is 2. The molecule has 0 aromatic heterocycles. The molecule has 0 atom stereocenters. The Morgan fingerprint density at radius 2 is 1.41 bits per heavy atom. The highest BCUT2D eigenvalue weighted by molar-refractivity contribution is 5.94. The molecule has 0 aliphatic heterocycles. The van der Waals surface area contributed by atoms with Gasteiger partial charge in [-0.15, -0.1) is 0 Å². The monoisotopic (exact) mass is 240 g/mol. The van der Waals surface area contributed by atoms with Crippen molar-refractivity contribution in [2.45, 2.75) is 27.2 Å². The molecule has 0 unspecified atom stereocenters. The van der Waals surface area contributed by atoms with E-state index >= 15 is 0 Å². The minimum absolute atomic E-state index is 0.188. The zero-order valence-electron chi connectivity index (χ0n) is 10.6. The Morgan fingerprint density at radius 1 is 1.00 bits per heavy atom. The van der Waals surface area contributed by atoms with Crippen LogP contribution in [0.15, 0.2) is 24.3 Å². The van der Waals surface area contributed by atoms with Gasteiger partial charge in [0.15, 0.2) is 5.92 Å². The molecule has 0 aliphatic carbocycles. The molecule has 0 aliphatic rings. The Labute approximate surface area is 102 Å². The molecule has 4 nitrogen and oxygen atoms in total. The van der Waals surface area contributed by atoms with Crippen molar-refractivity contribution in [3.05, 3.63) is 24.3 Å². The van der Waals surface area contributed by atoms with E-state index in [0.29, 0.717) is 6.42 Å². The van der Waals surface area contributed by atoms with Crippen molar-refractivity contribution in [3.63, 3.8) is 0 Å². The number of carbonyl (C=O) groups excluding carboxylic acids is 2. The lowest BCUT2D eigenvalue weighted by Gasteiger charge is -2.12. The zero-order chi connectivity index (χ0) is 13.1. The minimum atomic E-state index is -0.828. The Morgan fingerprint density at radius 3 is 1.71 bits per heavy atom. The summed E-state index contributed by atoms with van der Waals surface area (Å²) in [6.45, 7) is 5.79. The topological polar surface area (TPSA) is 52.6 Å². The summed E-state index contributed by atoms with van der Waals surface area (Å²) in [5.74, 6) is -1.89. The molecule has 0 bridgehead atoms. The van der Waals surface area contributed by atoms with Gasteiger partial charge in [0.2, 0.25) is 0 Å². The highest BCUT2D eigenvalue weighted by Crippen LogP contribution is 2.08. The second-order valence-electron chi connectivity index (χ2n) is 3.36. The summed E-state index contributed by atoms with van der Waals surface area (Å²) >= 11 is 0. The first-order valence-corrected chi connectivity index (χ1v) is 5.72. The van der Waals surface area contributed by atoms with Crippen molar-refractivity contribution in [2.75, 3.05) is 13.2 Å². The first-order chi connectivity index (χ1) is 8.17. The van der Waals surface area contributed by atoms with Crippen molar-refractivity contribution < 1.29 is 19.1 Å². The van der Waals surface area contributed by atoms with Crippen LogP contribution in [0.1, 0.15) is 27.2 Å². The maximum Gasteiger partial charge on any atom is 0.320 e. The van der Waals surface area contributed by atoms with Crippen LogP contribution in [0.25, 0.3) is 0 Å². The van der Waals surface area contributed by atoms with Crippen LogP contribution in [0.4, 0.5) is 0 Å². The molecule has 4 heteroatoms. The summed E-state index contributed by atoms with van der Waals surface area (Å²) in [4.78, 5) is 23.1. The second kappa shape index (κ2) is 9.63. The quantitative estimate of drug-likeness (QED) is 0.389. The molecule has 0 amide bonds. The average molecular weight is 240 g/mol. The first kappa shape index (κ1) is 15.4. The van der Waals surface area contributed by atoms with Crippen molar-refractivity contribution in [3.8, 4) is 0 Å². The number of hydrogen-bond donors (Lipinski definition) is 0. The van der Waals surface area contributed by atoms with E-state index in [2.05, 4.69) is 0 Å². The van der Waals surface area contributed by atoms with Crippen molar-refractivity contribution in [1.82, 2.24) is 0 Å². The van der Waals surface area contributed by atoms with Crippen LogP contribution in [0, 0.1) is 5.92 Å². The molecule has 0 aromatic carbocycles. The van der Waals surface area contributed by atoms with Crippen LogP contribution < -0.4 is 0 Å². The molecule has 0 rings (SSSR count). The van der Waals surface area contributed by atoms with Gasteiger partial charge in [0.25, 0.3) is 0 Å². The Balaban J connectivity index is 4.19. The van der Waals surface area contributed by atoms with E-state index in [1.54, 1.807) is 31.2 Å². The standard InChI is InChI=1S/C13H20O4/c1-4-7-9-16-12(14)11(6-3)13(15)17-10-8-5-2/h4-5,7-8,11H,6,9-10H2,1-3H3/b7-4+,8-5+. The van der Waals surface area contributed by atoms with Crippen LogP contribution in [0.3, 0.4) is 0 Å². The molecule has 0 saturated heterocycles. The fourth-order valence-corrected chi connectivity index (χ4v) is 1.08. The van der Waals surface area contributed by atoms with Gasteiger partial charge in [0.1, 0.15) is 13.2 Å². The summed E-state index contributed by atoms with van der Waals surface area (Å²) in [5.41, 5.74) is 0. The molecule has 0 saturated carbocycles. The third kappa shape index (κ3) is 6.56. The van der Waals surface area contributed by atoms with Gasteiger partial charge in [-0.1, -0.05) is 31.2 Å². The van der Waals surface area contributed by atoms with E-state index in [4.69, 9.17) is 9.47 Å². The highest BCUT2D eigenvalue weighted by atomic mass is 16.6. The lowest BCUT2D eigenvalue weighted by Crippen LogP contribution is -2.27. The highest BCUT2D eigenvalue weighted by Gasteiger charge is 2.27. The SMILES string of the molecule is C/C=C/COC(=O)C(CC)C(=O)OC/C=C/C. The third-order valence-corrected chi connectivity index (χ3v) is 2.09. The van der Waals surface area contributed by atoms with Crippen LogP contribution in [0.5, 0.6) is 0 Å². The maximum atomic E-state index is 11.5. The van der Waals surface area contributed by atoms with E-state index in [9.17, 15) is 9.59 Å². The lowest BCUT2D eigenvalue weighted by molar-refractivity contribution is -0.160. The molecule has 0 spiro atoms. The maximum absolute atomic E-state index is 11.5. The summed E-state index contributed by atoms with van der Waals surface area (Å²) in [6, 6.07) is 0. The van der Waals surface area contributed by atoms with Crippen LogP contribution in [0.2, 0.25) is 0 Å². The summed E-state index contributed by atoms with van der Waals surface area (Å²) in [7, 11) is 0. The predicted molar refractivity (Wildman–Crippen MR) is 65.3 cm³/mol. The summed E-state index contributed by atoms with van der Waals surface area (Å²) in [6.07, 6.45) is 7.34. The molecule has 0 N–H and O–H groups in total. The smallest absolute Gasteiger partial charge is 0.320 e. The van der Waals surface area contributed by atoms with E-state index < -0.39 is 17.9 Å². The molecule has 0 fully saturated rings. The van der Waals surface area contributed by atoms with Crippen LogP contribution in [-0.2, 0) is 19.1 Å². The third-order valence-electron chi connectivity index (χ3n) is 2.09. The van der Waals surface area contributed by atoms with Gasteiger partial charge in [-0.05, 0) is 20.3 Å². The molecule has 0 aromatic rings. The van der Waals surface area contributed by atoms with Gasteiger partial charge >= 0.3 is 11.9 Å². The van der Waals surface area contributed by atoms with Crippen molar-refractivity contribution in [1.29, 1.82) is 0 Å². The van der Waals surface area contributed by atoms with Gasteiger partial charge < -0.3 is 9.47 Å². The predicted octanol–water partition coefficient (Wildman–Crippen LogP) is 2.25. The number of ether oxygens (including phenoxy) is 2. The molecule has 0 heterocycles. The van der Waals surface area contributed by atoms with Gasteiger partial charge in [0.05, 0.1) is 0 Å². The van der Waals surface area contributed by atoms with E-state index in [1.165, 1.54) is 0 Å². The zero-order valence-corrected chi connectivity index (χ0v) is 10.6. The second-order valence-corrected chi connectivity index (χ2v) is 3.36. The number of rotatable bonds is 7. The Hall–Kier alpha value is -1.58. The number of allylic oxidation sites excluding steroid dienone is 2. The normalized spacial score (nSPS) is 11.3. The van der Waals surface area contributed by atoms with Gasteiger partial charge in [-0.3, -0.25) is 9.59 Å². The fourth-order valence-electron chi connectivity index (χ4n) is 1.08. The molecule has 17 heavy (non-hydrogen) atoms. The first-order valence-electron chi connectivity index (χ1n) is 5.72. The van der Waals surface area contributed by atoms with Gasteiger partial charge in [-0.2, -0.15) is 0 Å². The fraction of sp³-hybridized carbons (Fsp3) is 0.538. The summed E-state index contributed by atoms with van der Waals surface area (Å²) in [5, 5.41) is 0. The molecular weight excluding hydrogens is 220 g/mol.